The van der Waals surface area contributed by atoms with E-state index in [9.17, 15) is 0 Å². The van der Waals surface area contributed by atoms with E-state index in [1.165, 1.54) is 16.3 Å². The normalized spacial score (nSPS) is 17.4. The summed E-state index contributed by atoms with van der Waals surface area (Å²) in [7, 11) is 0. The first-order chi connectivity index (χ1) is 20.7. The molecule has 6 aromatic carbocycles. The van der Waals surface area contributed by atoms with Crippen LogP contribution in [-0.2, 0) is 15.9 Å². The first-order valence-electron chi connectivity index (χ1n) is 14.5. The van der Waals surface area contributed by atoms with Gasteiger partial charge in [0.05, 0.1) is 19.3 Å². The van der Waals surface area contributed by atoms with Gasteiger partial charge >= 0.3 is 0 Å². The number of hydrogen-bond donors (Lipinski definition) is 0. The van der Waals surface area contributed by atoms with Crippen LogP contribution in [0.5, 0.6) is 28.7 Å². The lowest BCUT2D eigenvalue weighted by molar-refractivity contribution is 0.263. The Morgan fingerprint density at radius 1 is 0.476 bits per heavy atom. The minimum absolute atomic E-state index is 0.229. The second kappa shape index (κ2) is 10.7. The molecule has 2 heterocycles. The van der Waals surface area contributed by atoms with Crippen LogP contribution in [0, 0.1) is 0 Å². The van der Waals surface area contributed by atoms with E-state index in [2.05, 4.69) is 66.7 Å². The molecule has 0 radical (unpaired) electrons. The third-order valence-electron chi connectivity index (χ3n) is 7.91. The molecule has 42 heavy (non-hydrogen) atoms. The van der Waals surface area contributed by atoms with Crippen molar-refractivity contribution >= 4 is 32.3 Å². The fourth-order valence-electron chi connectivity index (χ4n) is 5.37. The highest BCUT2D eigenvalue weighted by Gasteiger charge is 2.23. The van der Waals surface area contributed by atoms with Crippen LogP contribution in [0.1, 0.15) is 12.0 Å². The molecule has 2 saturated heterocycles. The largest absolute Gasteiger partial charge is 0.491 e. The molecule has 2 atom stereocenters. The second-order valence-electron chi connectivity index (χ2n) is 11.1. The fourth-order valence-corrected chi connectivity index (χ4v) is 5.37. The molecule has 2 fully saturated rings. The molecule has 8 rings (SSSR count). The quantitative estimate of drug-likeness (QED) is 0.158. The van der Waals surface area contributed by atoms with Crippen molar-refractivity contribution in [1.82, 2.24) is 0 Å². The van der Waals surface area contributed by atoms with E-state index in [4.69, 9.17) is 23.7 Å². The van der Waals surface area contributed by atoms with E-state index in [0.717, 1.165) is 76.3 Å². The minimum atomic E-state index is 0.229. The van der Waals surface area contributed by atoms with Crippen molar-refractivity contribution in [1.29, 1.82) is 0 Å². The Morgan fingerprint density at radius 3 is 1.40 bits per heavy atom. The van der Waals surface area contributed by atoms with Crippen LogP contribution in [0.3, 0.4) is 0 Å². The Labute approximate surface area is 244 Å². The summed E-state index contributed by atoms with van der Waals surface area (Å²) in [5.41, 5.74) is 1.33. The molecule has 2 aliphatic rings. The van der Waals surface area contributed by atoms with Crippen LogP contribution in [0.15, 0.2) is 109 Å². The van der Waals surface area contributed by atoms with E-state index in [0.29, 0.717) is 12.7 Å². The predicted octanol–water partition coefficient (Wildman–Crippen LogP) is 8.84. The van der Waals surface area contributed by atoms with Crippen molar-refractivity contribution in [3.05, 3.63) is 115 Å². The highest BCUT2D eigenvalue weighted by Crippen LogP contribution is 2.33. The summed E-state index contributed by atoms with van der Waals surface area (Å²) in [5, 5.41) is 6.77. The molecule has 208 valence electrons. The molecule has 0 aromatic heterocycles. The summed E-state index contributed by atoms with van der Waals surface area (Å²) < 4.78 is 29.1. The molecule has 0 aliphatic carbocycles. The minimum Gasteiger partial charge on any atom is -0.491 e. The molecule has 2 aliphatic heterocycles. The Balaban J connectivity index is 0.999. The number of epoxide rings is 2. The van der Waals surface area contributed by atoms with Gasteiger partial charge in [-0.3, -0.25) is 0 Å². The number of hydrogen-bond acceptors (Lipinski definition) is 5. The van der Waals surface area contributed by atoms with Crippen molar-refractivity contribution < 1.29 is 23.7 Å². The average molecular weight is 555 g/mol. The van der Waals surface area contributed by atoms with E-state index >= 15 is 0 Å². The standard InChI is InChI=1S/C37H30O5/c1-3-25-5-11-32(17-28(25)15-24(1)2-9-36-21-39-36)41-34-13-7-27-8-14-35(20-30(27)19-34)42-33-12-6-26-4-10-31(16-29(26)18-33)38-22-37-23-40-37/h1,3-8,10-20,36-37H,2,9,21-23H2. The lowest BCUT2D eigenvalue weighted by atomic mass is 10.0. The zero-order valence-corrected chi connectivity index (χ0v) is 23.1. The molecule has 0 saturated carbocycles. The van der Waals surface area contributed by atoms with Crippen LogP contribution in [0.2, 0.25) is 0 Å². The lowest BCUT2D eigenvalue weighted by Crippen LogP contribution is -2.03. The van der Waals surface area contributed by atoms with Gasteiger partial charge in [0, 0.05) is 0 Å². The van der Waals surface area contributed by atoms with Crippen LogP contribution in [0.25, 0.3) is 32.3 Å². The van der Waals surface area contributed by atoms with Gasteiger partial charge in [0.2, 0.25) is 0 Å². The van der Waals surface area contributed by atoms with Gasteiger partial charge in [0.25, 0.3) is 0 Å². The average Bonchev–Trinajstić information content (AvgIpc) is 3.94. The SMILES string of the molecule is c1cc2ccc(Oc3ccc4ccc(Oc5ccc6ccc(OCC7CO7)cc6c5)cc4c3)cc2cc1CCC1CO1. The first-order valence-corrected chi connectivity index (χ1v) is 14.5. The molecular weight excluding hydrogens is 524 g/mol. The van der Waals surface area contributed by atoms with Crippen molar-refractivity contribution in [2.75, 3.05) is 19.8 Å². The summed E-state index contributed by atoms with van der Waals surface area (Å²) in [6.45, 7) is 2.27. The van der Waals surface area contributed by atoms with Gasteiger partial charge in [-0.15, -0.1) is 0 Å². The molecule has 0 spiro atoms. The van der Waals surface area contributed by atoms with Gasteiger partial charge in [0.15, 0.2) is 0 Å². The van der Waals surface area contributed by atoms with Gasteiger partial charge in [-0.05, 0) is 111 Å². The maximum atomic E-state index is 6.32. The molecule has 6 aromatic rings. The molecule has 0 amide bonds. The van der Waals surface area contributed by atoms with Crippen molar-refractivity contribution in [3.8, 4) is 28.7 Å². The predicted molar refractivity (Wildman–Crippen MR) is 165 cm³/mol. The highest BCUT2D eigenvalue weighted by molar-refractivity contribution is 5.87. The molecule has 5 heteroatoms. The molecule has 0 bridgehead atoms. The summed E-state index contributed by atoms with van der Waals surface area (Å²) in [6, 6.07) is 37.4. The topological polar surface area (TPSA) is 52.8 Å². The van der Waals surface area contributed by atoms with Crippen molar-refractivity contribution in [3.63, 3.8) is 0 Å². The zero-order chi connectivity index (χ0) is 27.9. The first kappa shape index (κ1) is 25.2. The summed E-state index contributed by atoms with van der Waals surface area (Å²) in [6.07, 6.45) is 2.79. The summed E-state index contributed by atoms with van der Waals surface area (Å²) in [5.74, 6) is 3.99. The summed E-state index contributed by atoms with van der Waals surface area (Å²) >= 11 is 0. The number of aryl methyl sites for hydroxylation is 1. The van der Waals surface area contributed by atoms with E-state index in [1.807, 2.05) is 42.5 Å². The van der Waals surface area contributed by atoms with Crippen molar-refractivity contribution in [2.24, 2.45) is 0 Å². The Morgan fingerprint density at radius 2 is 0.905 bits per heavy atom. The third kappa shape index (κ3) is 5.75. The molecule has 5 nitrogen and oxygen atoms in total. The fraction of sp³-hybridized carbons (Fsp3) is 0.189. The van der Waals surface area contributed by atoms with E-state index in [1.54, 1.807) is 0 Å². The van der Waals surface area contributed by atoms with Gasteiger partial charge < -0.3 is 23.7 Å². The highest BCUT2D eigenvalue weighted by atomic mass is 16.6. The van der Waals surface area contributed by atoms with Gasteiger partial charge in [0.1, 0.15) is 41.5 Å². The maximum absolute atomic E-state index is 6.32. The van der Waals surface area contributed by atoms with Crippen LogP contribution < -0.4 is 14.2 Å². The van der Waals surface area contributed by atoms with Gasteiger partial charge in [-0.1, -0.05) is 48.5 Å². The van der Waals surface area contributed by atoms with Crippen LogP contribution in [0.4, 0.5) is 0 Å². The Hall–Kier alpha value is -4.58. The monoisotopic (exact) mass is 554 g/mol. The molecular formula is C37H30O5. The number of fused-ring (bicyclic) bond motifs is 3. The zero-order valence-electron chi connectivity index (χ0n) is 23.1. The van der Waals surface area contributed by atoms with Crippen LogP contribution in [-0.4, -0.2) is 32.0 Å². The van der Waals surface area contributed by atoms with E-state index in [-0.39, 0.29) is 6.10 Å². The smallest absolute Gasteiger partial charge is 0.128 e. The summed E-state index contributed by atoms with van der Waals surface area (Å²) in [4.78, 5) is 0. The van der Waals surface area contributed by atoms with Crippen LogP contribution >= 0.6 is 0 Å². The van der Waals surface area contributed by atoms with Crippen molar-refractivity contribution in [2.45, 2.75) is 25.0 Å². The number of ether oxygens (including phenoxy) is 5. The molecule has 2 unspecified atom stereocenters. The van der Waals surface area contributed by atoms with Gasteiger partial charge in [-0.2, -0.15) is 0 Å². The third-order valence-corrected chi connectivity index (χ3v) is 7.91. The number of benzene rings is 6. The van der Waals surface area contributed by atoms with Gasteiger partial charge in [-0.25, -0.2) is 0 Å². The second-order valence-corrected chi connectivity index (χ2v) is 11.1. The Kier molecular flexibility index (Phi) is 6.39. The van der Waals surface area contributed by atoms with E-state index < -0.39 is 0 Å². The number of rotatable bonds is 10. The molecule has 0 N–H and O–H groups in total. The lowest BCUT2D eigenvalue weighted by Gasteiger charge is -2.11. The maximum Gasteiger partial charge on any atom is 0.128 e. The Bertz CT molecular complexity index is 1790.